The summed E-state index contributed by atoms with van der Waals surface area (Å²) < 4.78 is 0. The maximum Gasteiger partial charge on any atom is 0.0164 e. The van der Waals surface area contributed by atoms with Gasteiger partial charge in [-0.1, -0.05) is 152 Å². The fourth-order valence-corrected chi connectivity index (χ4v) is 10.7. The lowest BCUT2D eigenvalue weighted by Crippen LogP contribution is -2.26. The van der Waals surface area contributed by atoms with E-state index < -0.39 is 0 Å². The van der Waals surface area contributed by atoms with Crippen LogP contribution >= 0.6 is 0 Å². The maximum atomic E-state index is 3.59. The molecular weight excluding hydrogens is 470 g/mol. The summed E-state index contributed by atoms with van der Waals surface area (Å²) in [5.74, 6) is 7.31. The Morgan fingerprint density at radius 2 is 0.795 bits per heavy atom. The van der Waals surface area contributed by atoms with Gasteiger partial charge in [0.1, 0.15) is 0 Å². The second kappa shape index (κ2) is 16.4. The van der Waals surface area contributed by atoms with Crippen LogP contribution in [0.5, 0.6) is 0 Å². The highest BCUT2D eigenvalue weighted by atomic mass is 14.9. The molecule has 0 aromatic heterocycles. The van der Waals surface area contributed by atoms with Gasteiger partial charge in [0.15, 0.2) is 0 Å². The zero-order valence-electron chi connectivity index (χ0n) is 26.3. The summed E-state index contributed by atoms with van der Waals surface area (Å²) in [5, 5.41) is 3.59. The molecule has 0 aromatic rings. The van der Waals surface area contributed by atoms with Crippen LogP contribution in [0.1, 0.15) is 174 Å². The van der Waals surface area contributed by atoms with E-state index in [4.69, 9.17) is 0 Å². The topological polar surface area (TPSA) is 12.0 Å². The van der Waals surface area contributed by atoms with Crippen molar-refractivity contribution in [3.63, 3.8) is 0 Å². The normalized spacial score (nSPS) is 37.8. The Balaban J connectivity index is 1.07. The fraction of sp³-hybridized carbons (Fsp3) is 0.947. The monoisotopic (exact) mass is 538 g/mol. The number of nitrogens with one attached hydrogen (secondary N) is 1. The van der Waals surface area contributed by atoms with Crippen LogP contribution in [0.15, 0.2) is 11.1 Å². The lowest BCUT2D eigenvalue weighted by atomic mass is 9.72. The molecule has 4 unspecified atom stereocenters. The molecule has 0 spiro atoms. The number of hydrogen-bond donors (Lipinski definition) is 1. The Morgan fingerprint density at radius 1 is 0.410 bits per heavy atom. The summed E-state index contributed by atoms with van der Waals surface area (Å²) in [6, 6.07) is 0. The zero-order valence-corrected chi connectivity index (χ0v) is 26.3. The molecule has 0 aromatic carbocycles. The van der Waals surface area contributed by atoms with Gasteiger partial charge in [-0.2, -0.15) is 0 Å². The van der Waals surface area contributed by atoms with Crippen molar-refractivity contribution < 1.29 is 0 Å². The molecule has 1 nitrogen and oxygen atoms in total. The molecule has 0 amide bonds. The van der Waals surface area contributed by atoms with Crippen molar-refractivity contribution in [2.75, 3.05) is 13.1 Å². The van der Waals surface area contributed by atoms with Crippen LogP contribution in [0.2, 0.25) is 0 Å². The first-order valence-corrected chi connectivity index (χ1v) is 18.7. The van der Waals surface area contributed by atoms with E-state index in [9.17, 15) is 0 Å². The Morgan fingerprint density at radius 3 is 1.28 bits per heavy atom. The van der Waals surface area contributed by atoms with Gasteiger partial charge < -0.3 is 5.32 Å². The Hall–Kier alpha value is -0.300. The predicted molar refractivity (Wildman–Crippen MR) is 170 cm³/mol. The summed E-state index contributed by atoms with van der Waals surface area (Å²) in [7, 11) is 0. The molecule has 4 atom stereocenters. The van der Waals surface area contributed by atoms with Gasteiger partial charge in [0.25, 0.3) is 0 Å². The number of hydrogen-bond acceptors (Lipinski definition) is 1. The molecule has 1 N–H and O–H groups in total. The van der Waals surface area contributed by atoms with Crippen molar-refractivity contribution in [1.82, 2.24) is 5.32 Å². The first-order chi connectivity index (χ1) is 19.3. The molecule has 39 heavy (non-hydrogen) atoms. The zero-order chi connectivity index (χ0) is 26.7. The molecule has 1 heterocycles. The van der Waals surface area contributed by atoms with E-state index in [0.29, 0.717) is 0 Å². The molecule has 1 aliphatic heterocycles. The minimum absolute atomic E-state index is 0.920. The average molecular weight is 538 g/mol. The van der Waals surface area contributed by atoms with Crippen molar-refractivity contribution in [3.8, 4) is 0 Å². The highest BCUT2D eigenvalue weighted by Gasteiger charge is 2.31. The lowest BCUT2D eigenvalue weighted by molar-refractivity contribution is 0.175. The van der Waals surface area contributed by atoms with Gasteiger partial charge in [0, 0.05) is 6.54 Å². The molecule has 4 aliphatic carbocycles. The highest BCUT2D eigenvalue weighted by molar-refractivity contribution is 5.20. The summed E-state index contributed by atoms with van der Waals surface area (Å²) in [4.78, 5) is 0. The van der Waals surface area contributed by atoms with Crippen LogP contribution in [-0.2, 0) is 0 Å². The molecule has 1 heteroatoms. The quantitative estimate of drug-likeness (QED) is 0.278. The van der Waals surface area contributed by atoms with Gasteiger partial charge in [-0.3, -0.25) is 0 Å². The standard InChI is InChI=1S/C38H67N/c1-30-29-39-28-27-38(30)37-24-12-23-36(25-26-37)33-16-8-7-15-32(17-9-18-33)35-21-10-19-34(20-11-22-35)31-13-5-3-2-4-6-14-31/h31-37,39H,2-29H2,1H3. The SMILES string of the molecule is CC1=C(C2CCCC(C3CCCCC(C4CCCC(C5CCCCCCC5)CCC4)CCC3)CC2)CCNC1. The van der Waals surface area contributed by atoms with Gasteiger partial charge in [0.2, 0.25) is 0 Å². The van der Waals surface area contributed by atoms with Crippen LogP contribution < -0.4 is 5.32 Å². The first-order valence-electron chi connectivity index (χ1n) is 18.7. The average Bonchev–Trinajstić information content (AvgIpc) is 3.08. The largest absolute Gasteiger partial charge is 0.313 e. The smallest absolute Gasteiger partial charge is 0.0164 e. The van der Waals surface area contributed by atoms with Crippen LogP contribution in [0.25, 0.3) is 0 Å². The molecule has 5 rings (SSSR count). The lowest BCUT2D eigenvalue weighted by Gasteiger charge is -2.34. The third-order valence-electron chi connectivity index (χ3n) is 13.0. The van der Waals surface area contributed by atoms with Crippen molar-refractivity contribution in [1.29, 1.82) is 0 Å². The molecule has 5 aliphatic rings. The van der Waals surface area contributed by atoms with Gasteiger partial charge in [0.05, 0.1) is 0 Å². The predicted octanol–water partition coefficient (Wildman–Crippen LogP) is 11.4. The van der Waals surface area contributed by atoms with E-state index in [2.05, 4.69) is 12.2 Å². The minimum atomic E-state index is 0.920. The van der Waals surface area contributed by atoms with Crippen molar-refractivity contribution >= 4 is 0 Å². The van der Waals surface area contributed by atoms with Crippen molar-refractivity contribution in [3.05, 3.63) is 11.1 Å². The van der Waals surface area contributed by atoms with Crippen LogP contribution in [0.3, 0.4) is 0 Å². The van der Waals surface area contributed by atoms with Crippen LogP contribution in [0.4, 0.5) is 0 Å². The van der Waals surface area contributed by atoms with Crippen LogP contribution in [-0.4, -0.2) is 13.1 Å². The van der Waals surface area contributed by atoms with E-state index in [1.807, 2.05) is 5.57 Å². The molecule has 0 bridgehead atoms. The van der Waals surface area contributed by atoms with Gasteiger partial charge >= 0.3 is 0 Å². The molecule has 224 valence electrons. The van der Waals surface area contributed by atoms with E-state index in [0.717, 1.165) is 48.0 Å². The fourth-order valence-electron chi connectivity index (χ4n) is 10.7. The third-order valence-corrected chi connectivity index (χ3v) is 13.0. The Kier molecular flexibility index (Phi) is 12.7. The number of rotatable bonds is 4. The molecule has 4 fully saturated rings. The summed E-state index contributed by atoms with van der Waals surface area (Å²) in [6.45, 7) is 4.78. The molecular formula is C38H67N. The van der Waals surface area contributed by atoms with Gasteiger partial charge in [-0.15, -0.1) is 0 Å². The minimum Gasteiger partial charge on any atom is -0.313 e. The van der Waals surface area contributed by atoms with E-state index in [1.54, 1.807) is 95.5 Å². The molecule has 0 radical (unpaired) electrons. The maximum absolute atomic E-state index is 3.59. The van der Waals surface area contributed by atoms with E-state index in [1.165, 1.54) is 83.6 Å². The summed E-state index contributed by atoms with van der Waals surface area (Å²) >= 11 is 0. The Labute approximate surface area is 244 Å². The van der Waals surface area contributed by atoms with Gasteiger partial charge in [-0.05, 0) is 80.6 Å². The third kappa shape index (κ3) is 9.09. The summed E-state index contributed by atoms with van der Waals surface area (Å²) in [5.41, 5.74) is 3.55. The first kappa shape index (κ1) is 30.2. The van der Waals surface area contributed by atoms with Crippen molar-refractivity contribution in [2.45, 2.75) is 174 Å². The van der Waals surface area contributed by atoms with Crippen LogP contribution in [0, 0.1) is 41.4 Å². The Bertz CT molecular complexity index is 704. The molecule has 4 saturated carbocycles. The summed E-state index contributed by atoms with van der Waals surface area (Å²) in [6.07, 6.45) is 39.9. The second-order valence-electron chi connectivity index (χ2n) is 15.4. The second-order valence-corrected chi connectivity index (χ2v) is 15.4. The van der Waals surface area contributed by atoms with E-state index in [-0.39, 0.29) is 0 Å². The molecule has 0 saturated heterocycles. The van der Waals surface area contributed by atoms with Crippen molar-refractivity contribution in [2.24, 2.45) is 41.4 Å². The highest BCUT2D eigenvalue weighted by Crippen LogP contribution is 2.44. The van der Waals surface area contributed by atoms with E-state index >= 15 is 0 Å². The van der Waals surface area contributed by atoms with Gasteiger partial charge in [-0.25, -0.2) is 0 Å².